The van der Waals surface area contributed by atoms with Gasteiger partial charge in [0.15, 0.2) is 5.03 Å². The molecule has 114 valence electrons. The summed E-state index contributed by atoms with van der Waals surface area (Å²) in [6, 6.07) is 3.21. The van der Waals surface area contributed by atoms with Gasteiger partial charge in [0.05, 0.1) is 18.8 Å². The first-order valence-corrected chi connectivity index (χ1v) is 7.91. The van der Waals surface area contributed by atoms with E-state index in [9.17, 15) is 18.0 Å². The highest BCUT2D eigenvalue weighted by Crippen LogP contribution is 2.22. The number of aromatic nitrogens is 1. The molecular weight excluding hydrogens is 296 g/mol. The minimum absolute atomic E-state index is 0.180. The molecule has 0 saturated carbocycles. The smallest absolute Gasteiger partial charge is 0.263 e. The van der Waals surface area contributed by atoms with Crippen LogP contribution >= 0.6 is 0 Å². The third-order valence-electron chi connectivity index (χ3n) is 2.84. The van der Waals surface area contributed by atoms with Crippen LogP contribution in [0.3, 0.4) is 0 Å². The highest BCUT2D eigenvalue weighted by molar-refractivity contribution is 7.89. The molecule has 0 atom stereocenters. The molecule has 0 radical (unpaired) electrons. The Bertz CT molecular complexity index is 643. The van der Waals surface area contributed by atoms with Crippen LogP contribution in [0.5, 0.6) is 0 Å². The maximum Gasteiger partial charge on any atom is 0.263 e. The zero-order valence-corrected chi connectivity index (χ0v) is 12.3. The molecule has 1 aliphatic heterocycles. The molecule has 1 saturated heterocycles. The monoisotopic (exact) mass is 312 g/mol. The van der Waals surface area contributed by atoms with Gasteiger partial charge in [-0.05, 0) is 18.6 Å². The van der Waals surface area contributed by atoms with Crippen molar-refractivity contribution in [1.82, 2.24) is 14.6 Å². The lowest BCUT2D eigenvalue weighted by Gasteiger charge is -2.25. The SMILES string of the molecule is CCCNc1cccnc1S(=O)(=O)N1CC(=O)NC(=O)C1. The van der Waals surface area contributed by atoms with Crippen LogP contribution in [-0.4, -0.2) is 49.2 Å². The average Bonchev–Trinajstić information content (AvgIpc) is 2.44. The Morgan fingerprint density at radius 3 is 2.62 bits per heavy atom. The van der Waals surface area contributed by atoms with Gasteiger partial charge in [0.1, 0.15) is 0 Å². The summed E-state index contributed by atoms with van der Waals surface area (Å²) < 4.78 is 25.9. The average molecular weight is 312 g/mol. The van der Waals surface area contributed by atoms with E-state index in [-0.39, 0.29) is 5.03 Å². The first-order valence-electron chi connectivity index (χ1n) is 6.47. The van der Waals surface area contributed by atoms with E-state index < -0.39 is 34.9 Å². The highest BCUT2D eigenvalue weighted by Gasteiger charge is 2.35. The van der Waals surface area contributed by atoms with E-state index in [0.29, 0.717) is 12.2 Å². The van der Waals surface area contributed by atoms with Crippen LogP contribution in [0.4, 0.5) is 5.69 Å². The number of amides is 2. The summed E-state index contributed by atoms with van der Waals surface area (Å²) in [7, 11) is -4.01. The van der Waals surface area contributed by atoms with Crippen molar-refractivity contribution >= 4 is 27.5 Å². The maximum atomic E-state index is 12.6. The Kier molecular flexibility index (Phi) is 4.53. The van der Waals surface area contributed by atoms with Crippen LogP contribution in [0.1, 0.15) is 13.3 Å². The molecule has 2 rings (SSSR count). The van der Waals surface area contributed by atoms with Crippen LogP contribution in [0.2, 0.25) is 0 Å². The number of hydrogen-bond donors (Lipinski definition) is 2. The molecule has 0 spiro atoms. The van der Waals surface area contributed by atoms with E-state index in [0.717, 1.165) is 10.7 Å². The summed E-state index contributed by atoms with van der Waals surface area (Å²) in [5.41, 5.74) is 0.359. The molecule has 8 nitrogen and oxygen atoms in total. The molecule has 2 heterocycles. The summed E-state index contributed by atoms with van der Waals surface area (Å²) in [6.07, 6.45) is 2.18. The Labute approximate surface area is 122 Å². The normalized spacial score (nSPS) is 16.6. The fraction of sp³-hybridized carbons (Fsp3) is 0.417. The zero-order valence-electron chi connectivity index (χ0n) is 11.5. The van der Waals surface area contributed by atoms with Crippen molar-refractivity contribution in [1.29, 1.82) is 0 Å². The molecule has 1 fully saturated rings. The second-order valence-corrected chi connectivity index (χ2v) is 6.38. The van der Waals surface area contributed by atoms with Crippen molar-refractivity contribution in [2.75, 3.05) is 25.0 Å². The molecule has 0 aliphatic carbocycles. The second kappa shape index (κ2) is 6.19. The molecule has 1 aliphatic rings. The van der Waals surface area contributed by atoms with Gasteiger partial charge in [0.25, 0.3) is 10.0 Å². The highest BCUT2D eigenvalue weighted by atomic mass is 32.2. The summed E-state index contributed by atoms with van der Waals surface area (Å²) in [5, 5.41) is 4.86. The molecular formula is C12H16N4O4S. The molecule has 0 bridgehead atoms. The van der Waals surface area contributed by atoms with Crippen LogP contribution < -0.4 is 10.6 Å². The van der Waals surface area contributed by atoms with E-state index in [1.807, 2.05) is 6.92 Å². The van der Waals surface area contributed by atoms with Gasteiger partial charge in [0, 0.05) is 12.7 Å². The minimum Gasteiger partial charge on any atom is -0.383 e. The number of carbonyl (C=O) groups excluding carboxylic acids is 2. The number of nitrogens with one attached hydrogen (secondary N) is 2. The van der Waals surface area contributed by atoms with Crippen molar-refractivity contribution in [3.63, 3.8) is 0 Å². The third kappa shape index (κ3) is 3.37. The standard InChI is InChI=1S/C12H16N4O4S/c1-2-5-13-9-4-3-6-14-12(9)21(19,20)16-7-10(17)15-11(18)8-16/h3-4,6,13H,2,5,7-8H2,1H3,(H,15,17,18). The quantitative estimate of drug-likeness (QED) is 0.713. The first kappa shape index (κ1) is 15.4. The molecule has 0 unspecified atom stereocenters. The molecule has 2 N–H and O–H groups in total. The van der Waals surface area contributed by atoms with E-state index in [2.05, 4.69) is 15.6 Å². The Morgan fingerprint density at radius 2 is 2.00 bits per heavy atom. The third-order valence-corrected chi connectivity index (χ3v) is 4.59. The van der Waals surface area contributed by atoms with Gasteiger partial charge in [-0.1, -0.05) is 6.92 Å². The van der Waals surface area contributed by atoms with Crippen molar-refractivity contribution in [2.45, 2.75) is 18.4 Å². The number of rotatable bonds is 5. The van der Waals surface area contributed by atoms with Gasteiger partial charge < -0.3 is 5.32 Å². The van der Waals surface area contributed by atoms with Crippen molar-refractivity contribution in [3.8, 4) is 0 Å². The van der Waals surface area contributed by atoms with E-state index >= 15 is 0 Å². The van der Waals surface area contributed by atoms with Crippen LogP contribution in [-0.2, 0) is 19.6 Å². The van der Waals surface area contributed by atoms with Gasteiger partial charge in [0.2, 0.25) is 11.8 Å². The predicted octanol–water partition coefficient (Wildman–Crippen LogP) is -0.449. The predicted molar refractivity (Wildman–Crippen MR) is 74.9 cm³/mol. The summed E-state index contributed by atoms with van der Waals surface area (Å²) in [4.78, 5) is 26.6. The second-order valence-electron chi connectivity index (χ2n) is 4.53. The van der Waals surface area contributed by atoms with Crippen molar-refractivity contribution < 1.29 is 18.0 Å². The number of carbonyl (C=O) groups is 2. The topological polar surface area (TPSA) is 108 Å². The van der Waals surface area contributed by atoms with Crippen molar-refractivity contribution in [2.24, 2.45) is 0 Å². The fourth-order valence-electron chi connectivity index (χ4n) is 1.89. The molecule has 0 aromatic carbocycles. The van der Waals surface area contributed by atoms with Crippen molar-refractivity contribution in [3.05, 3.63) is 18.3 Å². The number of pyridine rings is 1. The van der Waals surface area contributed by atoms with Gasteiger partial charge in [-0.3, -0.25) is 14.9 Å². The number of hydrogen-bond acceptors (Lipinski definition) is 6. The lowest BCUT2D eigenvalue weighted by atomic mass is 10.4. The summed E-state index contributed by atoms with van der Waals surface area (Å²) >= 11 is 0. The first-order chi connectivity index (χ1) is 9.95. The van der Waals surface area contributed by atoms with Crippen LogP contribution in [0.25, 0.3) is 0 Å². The largest absolute Gasteiger partial charge is 0.383 e. The zero-order chi connectivity index (χ0) is 15.5. The van der Waals surface area contributed by atoms with Gasteiger partial charge >= 0.3 is 0 Å². The number of anilines is 1. The Balaban J connectivity index is 2.35. The number of imide groups is 1. The van der Waals surface area contributed by atoms with Crippen LogP contribution in [0.15, 0.2) is 23.4 Å². The molecule has 21 heavy (non-hydrogen) atoms. The maximum absolute atomic E-state index is 12.6. The van der Waals surface area contributed by atoms with Gasteiger partial charge in [-0.2, -0.15) is 4.31 Å². The Morgan fingerprint density at radius 1 is 1.33 bits per heavy atom. The van der Waals surface area contributed by atoms with Gasteiger partial charge in [-0.25, -0.2) is 13.4 Å². The number of sulfonamides is 1. The summed E-state index contributed by atoms with van der Waals surface area (Å²) in [6.45, 7) is 1.76. The van der Waals surface area contributed by atoms with E-state index in [1.54, 1.807) is 12.1 Å². The van der Waals surface area contributed by atoms with E-state index in [4.69, 9.17) is 0 Å². The lowest BCUT2D eigenvalue weighted by Crippen LogP contribution is -2.53. The molecule has 2 amide bonds. The molecule has 9 heteroatoms. The molecule has 1 aromatic rings. The van der Waals surface area contributed by atoms with Gasteiger partial charge in [-0.15, -0.1) is 0 Å². The van der Waals surface area contributed by atoms with Crippen LogP contribution in [0, 0.1) is 0 Å². The lowest BCUT2D eigenvalue weighted by molar-refractivity contribution is -0.134. The molecule has 1 aromatic heterocycles. The van der Waals surface area contributed by atoms with E-state index in [1.165, 1.54) is 6.20 Å². The number of nitrogens with zero attached hydrogens (tertiary/aromatic N) is 2. The fourth-order valence-corrected chi connectivity index (χ4v) is 3.32. The summed E-state index contributed by atoms with van der Waals surface area (Å²) in [5.74, 6) is -1.29. The Hall–Kier alpha value is -2.00. The number of piperazine rings is 1. The minimum atomic E-state index is -4.01.